The second-order valence-electron chi connectivity index (χ2n) is 5.28. The van der Waals surface area contributed by atoms with Gasteiger partial charge in [-0.15, -0.1) is 0 Å². The molecule has 2 rings (SSSR count). The van der Waals surface area contributed by atoms with Gasteiger partial charge in [-0.3, -0.25) is 4.79 Å². The van der Waals surface area contributed by atoms with E-state index in [4.69, 9.17) is 10.5 Å². The Morgan fingerprint density at radius 1 is 1.58 bits per heavy atom. The average Bonchev–Trinajstić information content (AvgIpc) is 2.43. The molecule has 1 aromatic carbocycles. The van der Waals surface area contributed by atoms with Crippen LogP contribution in [0.2, 0.25) is 0 Å². The number of carbonyl (C=O) groups is 1. The molecule has 0 aromatic heterocycles. The molecule has 4 heteroatoms. The number of fused-ring (bicyclic) bond motifs is 1. The average molecular weight is 262 g/mol. The van der Waals surface area contributed by atoms with E-state index in [2.05, 4.69) is 24.4 Å². The van der Waals surface area contributed by atoms with Gasteiger partial charge in [-0.2, -0.15) is 0 Å². The number of amides is 1. The van der Waals surface area contributed by atoms with Crippen LogP contribution in [0.5, 0.6) is 5.75 Å². The summed E-state index contributed by atoms with van der Waals surface area (Å²) in [5.74, 6) is 1.51. The minimum absolute atomic E-state index is 0.221. The van der Waals surface area contributed by atoms with Crippen LogP contribution in [0.15, 0.2) is 18.2 Å². The molecule has 0 spiro atoms. The minimum Gasteiger partial charge on any atom is -0.497 e. The first-order chi connectivity index (χ1) is 9.11. The Kier molecular flexibility index (Phi) is 4.43. The van der Waals surface area contributed by atoms with Gasteiger partial charge >= 0.3 is 0 Å². The molecule has 0 aliphatic carbocycles. The maximum atomic E-state index is 10.9. The molecular weight excluding hydrogens is 240 g/mol. The minimum atomic E-state index is -0.221. The van der Waals surface area contributed by atoms with Gasteiger partial charge in [-0.1, -0.05) is 13.0 Å². The fraction of sp³-hybridized carbons (Fsp3) is 0.533. The molecule has 1 aromatic rings. The monoisotopic (exact) mass is 262 g/mol. The molecular formula is C15H22N2O2. The maximum absolute atomic E-state index is 10.9. The third kappa shape index (κ3) is 3.26. The number of methoxy groups -OCH3 is 1. The van der Waals surface area contributed by atoms with E-state index in [-0.39, 0.29) is 5.91 Å². The number of nitrogens with one attached hydrogen (secondary N) is 1. The lowest BCUT2D eigenvalue weighted by Gasteiger charge is -2.31. The number of ether oxygens (including phenoxy) is 1. The van der Waals surface area contributed by atoms with E-state index in [9.17, 15) is 4.79 Å². The highest BCUT2D eigenvalue weighted by Gasteiger charge is 2.25. The smallest absolute Gasteiger partial charge is 0.217 e. The highest BCUT2D eigenvalue weighted by Crippen LogP contribution is 2.34. The Morgan fingerprint density at radius 2 is 2.37 bits per heavy atom. The number of hydrogen-bond donors (Lipinski definition) is 2. The maximum Gasteiger partial charge on any atom is 0.217 e. The third-order valence-corrected chi connectivity index (χ3v) is 3.97. The number of nitrogens with two attached hydrogens (primary N) is 1. The first kappa shape index (κ1) is 13.9. The molecule has 3 N–H and O–H groups in total. The summed E-state index contributed by atoms with van der Waals surface area (Å²) >= 11 is 0. The van der Waals surface area contributed by atoms with Crippen LogP contribution in [-0.4, -0.2) is 19.6 Å². The van der Waals surface area contributed by atoms with Crippen molar-refractivity contribution >= 4 is 5.91 Å². The predicted molar refractivity (Wildman–Crippen MR) is 75.0 cm³/mol. The Morgan fingerprint density at radius 3 is 3.05 bits per heavy atom. The van der Waals surface area contributed by atoms with Gasteiger partial charge in [-0.05, 0) is 41.5 Å². The summed E-state index contributed by atoms with van der Waals surface area (Å²) in [5, 5.41) is 3.44. The summed E-state index contributed by atoms with van der Waals surface area (Å²) in [4.78, 5) is 10.9. The Bertz CT molecular complexity index is 459. The van der Waals surface area contributed by atoms with Crippen LogP contribution in [0.4, 0.5) is 0 Å². The summed E-state index contributed by atoms with van der Waals surface area (Å²) in [5.41, 5.74) is 7.90. The number of rotatable bonds is 5. The van der Waals surface area contributed by atoms with E-state index in [0.717, 1.165) is 25.3 Å². The highest BCUT2D eigenvalue weighted by molar-refractivity contribution is 5.73. The highest BCUT2D eigenvalue weighted by atomic mass is 16.5. The number of hydrogen-bond acceptors (Lipinski definition) is 3. The Hall–Kier alpha value is -1.55. The van der Waals surface area contributed by atoms with Crippen molar-refractivity contribution < 1.29 is 9.53 Å². The van der Waals surface area contributed by atoms with Crippen LogP contribution in [-0.2, 0) is 11.3 Å². The molecule has 1 heterocycles. The lowest BCUT2D eigenvalue weighted by atomic mass is 9.80. The van der Waals surface area contributed by atoms with Gasteiger partial charge in [0, 0.05) is 19.5 Å². The van der Waals surface area contributed by atoms with Gasteiger partial charge in [0.05, 0.1) is 7.11 Å². The molecule has 4 nitrogen and oxygen atoms in total. The fourth-order valence-corrected chi connectivity index (χ4v) is 2.76. The molecule has 0 saturated carbocycles. The van der Waals surface area contributed by atoms with E-state index in [1.165, 1.54) is 11.1 Å². The molecule has 1 aliphatic rings. The second-order valence-corrected chi connectivity index (χ2v) is 5.28. The number of primary amides is 1. The predicted octanol–water partition coefficient (Wildman–Crippen LogP) is 1.78. The van der Waals surface area contributed by atoms with Crippen LogP contribution in [0.1, 0.15) is 36.8 Å². The Labute approximate surface area is 114 Å². The molecule has 0 bridgehead atoms. The number of benzene rings is 1. The Balaban J connectivity index is 2.17. The zero-order valence-electron chi connectivity index (χ0n) is 11.6. The van der Waals surface area contributed by atoms with E-state index < -0.39 is 0 Å². The van der Waals surface area contributed by atoms with Gasteiger partial charge in [0.1, 0.15) is 5.75 Å². The van der Waals surface area contributed by atoms with Gasteiger partial charge < -0.3 is 15.8 Å². The van der Waals surface area contributed by atoms with Gasteiger partial charge in [0.15, 0.2) is 0 Å². The topological polar surface area (TPSA) is 64.3 Å². The summed E-state index contributed by atoms with van der Waals surface area (Å²) in [7, 11) is 1.69. The van der Waals surface area contributed by atoms with Crippen molar-refractivity contribution in [2.75, 3.05) is 13.7 Å². The van der Waals surface area contributed by atoms with Crippen molar-refractivity contribution in [1.29, 1.82) is 0 Å². The van der Waals surface area contributed by atoms with E-state index >= 15 is 0 Å². The molecule has 1 aliphatic heterocycles. The van der Waals surface area contributed by atoms with Crippen molar-refractivity contribution in [3.63, 3.8) is 0 Å². The third-order valence-electron chi connectivity index (χ3n) is 3.97. The lowest BCUT2D eigenvalue weighted by Crippen LogP contribution is -2.32. The standard InChI is InChI=1S/C15H22N2O2/c1-10(3-6-15(16)18)14-9-17-8-11-4-5-12(19-2)7-13(11)14/h4-5,7,10,14,17H,3,6,8-9H2,1-2H3,(H2,16,18). The van der Waals surface area contributed by atoms with Gasteiger partial charge in [0.2, 0.25) is 5.91 Å². The van der Waals surface area contributed by atoms with Crippen molar-refractivity contribution in [3.8, 4) is 5.75 Å². The van der Waals surface area contributed by atoms with Gasteiger partial charge in [-0.25, -0.2) is 0 Å². The quantitative estimate of drug-likeness (QED) is 0.850. The zero-order chi connectivity index (χ0) is 13.8. The molecule has 1 amide bonds. The van der Waals surface area contributed by atoms with Crippen molar-refractivity contribution in [3.05, 3.63) is 29.3 Å². The normalized spacial score (nSPS) is 19.6. The van der Waals surface area contributed by atoms with Crippen LogP contribution in [0.25, 0.3) is 0 Å². The summed E-state index contributed by atoms with van der Waals surface area (Å²) < 4.78 is 5.31. The summed E-state index contributed by atoms with van der Waals surface area (Å²) in [6.07, 6.45) is 1.29. The van der Waals surface area contributed by atoms with E-state index in [1.54, 1.807) is 7.11 Å². The SMILES string of the molecule is COc1ccc2c(c1)C(C(C)CCC(N)=O)CNC2. The molecule has 0 fully saturated rings. The fourth-order valence-electron chi connectivity index (χ4n) is 2.76. The molecule has 0 radical (unpaired) electrons. The molecule has 2 unspecified atom stereocenters. The number of carbonyl (C=O) groups excluding carboxylic acids is 1. The molecule has 2 atom stereocenters. The summed E-state index contributed by atoms with van der Waals surface area (Å²) in [6.45, 7) is 4.03. The lowest BCUT2D eigenvalue weighted by molar-refractivity contribution is -0.118. The van der Waals surface area contributed by atoms with Crippen molar-refractivity contribution in [2.45, 2.75) is 32.2 Å². The van der Waals surface area contributed by atoms with Crippen LogP contribution in [0.3, 0.4) is 0 Å². The first-order valence-electron chi connectivity index (χ1n) is 6.77. The van der Waals surface area contributed by atoms with Crippen LogP contribution >= 0.6 is 0 Å². The van der Waals surface area contributed by atoms with E-state index in [0.29, 0.717) is 18.3 Å². The van der Waals surface area contributed by atoms with Gasteiger partial charge in [0.25, 0.3) is 0 Å². The molecule has 0 saturated heterocycles. The van der Waals surface area contributed by atoms with Crippen molar-refractivity contribution in [1.82, 2.24) is 5.32 Å². The zero-order valence-corrected chi connectivity index (χ0v) is 11.6. The molecule has 104 valence electrons. The summed E-state index contributed by atoms with van der Waals surface area (Å²) in [6, 6.07) is 6.24. The van der Waals surface area contributed by atoms with E-state index in [1.807, 2.05) is 6.07 Å². The van der Waals surface area contributed by atoms with Crippen molar-refractivity contribution in [2.24, 2.45) is 11.7 Å². The second kappa shape index (κ2) is 6.06. The first-order valence-corrected chi connectivity index (χ1v) is 6.77. The molecule has 19 heavy (non-hydrogen) atoms. The van der Waals surface area contributed by atoms with Crippen LogP contribution in [0, 0.1) is 5.92 Å². The largest absolute Gasteiger partial charge is 0.497 e. The van der Waals surface area contributed by atoms with Crippen LogP contribution < -0.4 is 15.8 Å².